The topological polar surface area (TPSA) is 520 Å². The van der Waals surface area contributed by atoms with E-state index in [4.69, 9.17) is 71.1 Å². The molecule has 0 aromatic carbocycles. The Kier molecular flexibility index (Phi) is 28.1. The summed E-state index contributed by atoms with van der Waals surface area (Å²) in [5, 5.41) is 183. The number of ether oxygens (including phenoxy) is 15. The van der Waals surface area contributed by atoms with Gasteiger partial charge in [0.1, 0.15) is 123 Å². The molecule has 14 fully saturated rings. The van der Waals surface area contributed by atoms with Gasteiger partial charge < -0.3 is 163 Å². The molecule has 8 bridgehead atoms. The molecule has 0 aromatic rings. The van der Waals surface area contributed by atoms with Crippen LogP contribution in [0.5, 0.6) is 0 Å². The molecule has 30 atom stereocenters. The van der Waals surface area contributed by atoms with Gasteiger partial charge in [0.2, 0.25) is 0 Å². The molecule has 6 saturated heterocycles. The maximum atomic E-state index is 13.7. The monoisotopic (exact) mass is 1510 g/mol. The maximum Gasteiger partial charge on any atom is 0.407 e. The van der Waals surface area contributed by atoms with Crippen molar-refractivity contribution in [1.29, 1.82) is 0 Å². The first-order valence-electron chi connectivity index (χ1n) is 37.8. The minimum atomic E-state index is -1.81. The van der Waals surface area contributed by atoms with Crippen molar-refractivity contribution in [2.75, 3.05) is 120 Å². The van der Waals surface area contributed by atoms with Crippen LogP contribution >= 0.6 is 0 Å². The minimum Gasteiger partial charge on any atom is -0.447 e. The number of aliphatic hydroxyl groups excluding tert-OH is 16. The van der Waals surface area contributed by atoms with Crippen molar-refractivity contribution in [3.05, 3.63) is 0 Å². The molecule has 14 aliphatic rings. The lowest BCUT2D eigenvalue weighted by Gasteiger charge is -2.56. The maximum absolute atomic E-state index is 13.7. The number of hydrogen-bond donors (Lipinski definition) is 18. The fourth-order valence-corrected chi connectivity index (χ4v) is 20.3. The lowest BCUT2D eigenvalue weighted by atomic mass is 9.53. The van der Waals surface area contributed by atoms with Crippen LogP contribution in [0.3, 0.4) is 0 Å². The van der Waals surface area contributed by atoms with Crippen LogP contribution in [0.4, 0.5) is 9.59 Å². The van der Waals surface area contributed by atoms with Crippen LogP contribution in [0.1, 0.15) is 77.0 Å². The largest absolute Gasteiger partial charge is 0.447 e. The van der Waals surface area contributed by atoms with Gasteiger partial charge in [-0.1, -0.05) is 0 Å². The molecule has 2 amide bonds. The molecule has 35 heteroatoms. The van der Waals surface area contributed by atoms with Gasteiger partial charge in [0.15, 0.2) is 0 Å². The molecule has 604 valence electrons. The quantitative estimate of drug-likeness (QED) is 0.0298. The Balaban J connectivity index is 0.610. The van der Waals surface area contributed by atoms with E-state index in [9.17, 15) is 91.3 Å². The van der Waals surface area contributed by atoms with Crippen LogP contribution in [0.25, 0.3) is 0 Å². The molecule has 35 nitrogen and oxygen atoms in total. The first-order valence-corrected chi connectivity index (χ1v) is 37.8. The highest BCUT2D eigenvalue weighted by Crippen LogP contribution is 2.57. The SMILES string of the molecule is COCC1OC(COCC2C(CO)OC(COCC3C(COC(=O)NC45CC6CC(CC(C6)C4)C5)OC(COCC4OC(COCC5C(CO)OC(COCC6C(COC(=O)NC78CC9CC(CC(C9)C7)C8)OC(COC)C(O)C6O)C(O)C5O)C(O)C(O)C4O)C(O)C3O)C(O)C2O)C(O)C(O)C1O. The summed E-state index contributed by atoms with van der Waals surface area (Å²) in [5.74, 6) is -0.923. The van der Waals surface area contributed by atoms with Crippen molar-refractivity contribution in [3.63, 3.8) is 0 Å². The first-order chi connectivity index (χ1) is 50.3. The summed E-state index contributed by atoms with van der Waals surface area (Å²) < 4.78 is 87.6. The third-order valence-electron chi connectivity index (χ3n) is 25.1. The molecule has 0 radical (unpaired) electrons. The van der Waals surface area contributed by atoms with Gasteiger partial charge in [0.05, 0.1) is 141 Å². The summed E-state index contributed by atoms with van der Waals surface area (Å²) in [4.78, 5) is 27.1. The Morgan fingerprint density at radius 1 is 0.286 bits per heavy atom. The Labute approximate surface area is 609 Å². The van der Waals surface area contributed by atoms with Crippen LogP contribution in [-0.2, 0) is 71.1 Å². The highest BCUT2D eigenvalue weighted by molar-refractivity contribution is 5.69. The molecule has 6 heterocycles. The summed E-state index contributed by atoms with van der Waals surface area (Å²) in [6.07, 6.45) is -25.5. The number of carbonyl (C=O) groups is 2. The number of rotatable bonds is 32. The van der Waals surface area contributed by atoms with E-state index in [1.807, 2.05) is 0 Å². The first kappa shape index (κ1) is 81.9. The fourth-order valence-electron chi connectivity index (χ4n) is 20.3. The highest BCUT2D eigenvalue weighted by atomic mass is 16.6. The second kappa shape index (κ2) is 36.0. The van der Waals surface area contributed by atoms with Crippen LogP contribution < -0.4 is 10.6 Å². The Morgan fingerprint density at radius 2 is 0.495 bits per heavy atom. The second-order valence-corrected chi connectivity index (χ2v) is 32.6. The van der Waals surface area contributed by atoms with Crippen LogP contribution in [0.2, 0.25) is 0 Å². The number of methoxy groups -OCH3 is 2. The predicted molar refractivity (Wildman–Crippen MR) is 353 cm³/mol. The summed E-state index contributed by atoms with van der Waals surface area (Å²) in [6, 6.07) is 0. The summed E-state index contributed by atoms with van der Waals surface area (Å²) in [7, 11) is 2.78. The Bertz CT molecular complexity index is 2660. The van der Waals surface area contributed by atoms with Crippen molar-refractivity contribution in [2.24, 2.45) is 59.2 Å². The molecular weight excluding hydrogens is 1400 g/mol. The number of carbonyl (C=O) groups excluding carboxylic acids is 2. The van der Waals surface area contributed by atoms with E-state index in [0.29, 0.717) is 35.5 Å². The molecule has 30 unspecified atom stereocenters. The average Bonchev–Trinajstić information content (AvgIpc) is 0.751. The summed E-state index contributed by atoms with van der Waals surface area (Å²) >= 11 is 0. The van der Waals surface area contributed by atoms with E-state index in [2.05, 4.69) is 10.6 Å². The number of hydrogen-bond acceptors (Lipinski definition) is 33. The van der Waals surface area contributed by atoms with Gasteiger partial charge in [-0.05, 0) is 113 Å². The Morgan fingerprint density at radius 3 is 0.743 bits per heavy atom. The van der Waals surface area contributed by atoms with Gasteiger partial charge in [-0.25, -0.2) is 9.59 Å². The third kappa shape index (κ3) is 18.7. The van der Waals surface area contributed by atoms with E-state index < -0.39 is 260 Å². The van der Waals surface area contributed by atoms with Gasteiger partial charge in [-0.3, -0.25) is 0 Å². The minimum absolute atomic E-state index is 0.0682. The molecule has 14 rings (SSSR count). The zero-order valence-electron chi connectivity index (χ0n) is 59.7. The lowest BCUT2D eigenvalue weighted by molar-refractivity contribution is -0.259. The molecule has 105 heavy (non-hydrogen) atoms. The third-order valence-corrected chi connectivity index (χ3v) is 25.1. The predicted octanol–water partition coefficient (Wildman–Crippen LogP) is -6.14. The normalized spacial score (nSPS) is 48.6. The van der Waals surface area contributed by atoms with E-state index >= 15 is 0 Å². The smallest absolute Gasteiger partial charge is 0.407 e. The number of aliphatic hydroxyl groups is 16. The van der Waals surface area contributed by atoms with E-state index in [1.165, 1.54) is 33.5 Å². The molecule has 8 saturated carbocycles. The summed E-state index contributed by atoms with van der Waals surface area (Å²) in [5.41, 5.74) is -0.741. The molecule has 0 spiro atoms. The van der Waals surface area contributed by atoms with E-state index in [1.54, 1.807) is 0 Å². The fraction of sp³-hybridized carbons (Fsp3) is 0.971. The number of nitrogens with one attached hydrogen (secondary N) is 2. The van der Waals surface area contributed by atoms with Crippen LogP contribution in [0.15, 0.2) is 0 Å². The van der Waals surface area contributed by atoms with Crippen molar-refractivity contribution >= 4 is 12.2 Å². The summed E-state index contributed by atoms with van der Waals surface area (Å²) in [6.45, 7) is -6.11. The average molecular weight is 1510 g/mol. The van der Waals surface area contributed by atoms with Crippen LogP contribution in [0, 0.1) is 59.2 Å². The van der Waals surface area contributed by atoms with Gasteiger partial charge in [0.25, 0.3) is 0 Å². The van der Waals surface area contributed by atoms with E-state index in [0.717, 1.165) is 57.8 Å². The zero-order valence-corrected chi connectivity index (χ0v) is 59.7. The van der Waals surface area contributed by atoms with Gasteiger partial charge in [-0.15, -0.1) is 0 Å². The van der Waals surface area contributed by atoms with Gasteiger partial charge >= 0.3 is 12.2 Å². The number of amides is 2. The van der Waals surface area contributed by atoms with Gasteiger partial charge in [-0.2, -0.15) is 0 Å². The molecular formula is C70H116N2O33. The molecule has 18 N–H and O–H groups in total. The molecule has 8 aliphatic carbocycles. The Hall–Kier alpha value is -2.62. The van der Waals surface area contributed by atoms with Crippen molar-refractivity contribution < 1.29 is 162 Å². The van der Waals surface area contributed by atoms with Crippen molar-refractivity contribution in [1.82, 2.24) is 10.6 Å². The van der Waals surface area contributed by atoms with Crippen molar-refractivity contribution in [3.8, 4) is 0 Å². The number of alkyl carbamates (subject to hydrolysis) is 2. The van der Waals surface area contributed by atoms with Crippen LogP contribution in [-0.4, -0.2) is 384 Å². The zero-order chi connectivity index (χ0) is 74.8. The van der Waals surface area contributed by atoms with E-state index in [-0.39, 0.29) is 51.8 Å². The van der Waals surface area contributed by atoms with Gasteiger partial charge in [0, 0.05) is 49.0 Å². The lowest BCUT2D eigenvalue weighted by Crippen LogP contribution is -2.61. The highest BCUT2D eigenvalue weighted by Gasteiger charge is 2.56. The standard InChI is InChI=1S/C70H116N2O33/c1-91-21-45-57(79)55(77)39(43(102-45)29-98-67(89)71-69-9-31-3-32(10-69)5-33(4-31)11-69)19-95-23-47-58(80)54(76)38(42(16-74)101-47)18-94-26-51-63(85)66(88)64(86)52(105-51)28-97-27-49-60(82)56(78)40(44(103-49)30-99-68(90)72-70-12-34-6-35(13-70)8-36(7-34)14-70)20-96-24-48-59(81)53(75)37(41(15-73)100-48)17-93-25-50-62(84)65(87)61(83)46(104-50)22-92-2/h31-66,73-88H,3-30H2,1-2H3,(H,71,89)(H,72,90). The van der Waals surface area contributed by atoms with Crippen molar-refractivity contribution in [2.45, 2.75) is 247 Å². The second-order valence-electron chi connectivity index (χ2n) is 32.6. The molecule has 6 aliphatic heterocycles. The molecule has 0 aromatic heterocycles.